The fourth-order valence-electron chi connectivity index (χ4n) is 8.26. The maximum Gasteiger partial charge on any atom is 0.251 e. The first kappa shape index (κ1) is 29.1. The van der Waals surface area contributed by atoms with Crippen LogP contribution in [0, 0.1) is 25.7 Å². The standard InChI is InChI=1S/C35H46N4O3S/c1-21-16-22(2)18-23(17-21)31-24(9-10-38-11-13-39(14-12-38)34(41)29-6-5-15-42-29)26-19-30(43-33(26)37-31)35(3,4)20-27-25-7-8-28(27)36-32(25)40/h16-19,25,27-29,37H,5-15,20H2,1-4H3,(H,36,40). The zero-order valence-electron chi connectivity index (χ0n) is 26.1. The number of piperidine rings is 1. The number of aromatic amines is 1. The molecular weight excluding hydrogens is 556 g/mol. The lowest BCUT2D eigenvalue weighted by molar-refractivity contribution is -0.142. The van der Waals surface area contributed by atoms with Crippen LogP contribution in [-0.4, -0.2) is 78.1 Å². The van der Waals surface area contributed by atoms with Crippen LogP contribution in [0.3, 0.4) is 0 Å². The van der Waals surface area contributed by atoms with Crippen LogP contribution in [0.15, 0.2) is 24.3 Å². The van der Waals surface area contributed by atoms with Gasteiger partial charge in [0.2, 0.25) is 5.91 Å². The minimum absolute atomic E-state index is 0.00554. The zero-order chi connectivity index (χ0) is 29.9. The molecule has 1 saturated carbocycles. The molecule has 4 aliphatic rings. The molecule has 7 rings (SSSR count). The number of amides is 2. The number of H-pyrrole nitrogens is 1. The van der Waals surface area contributed by atoms with Gasteiger partial charge in [0.15, 0.2) is 0 Å². The Morgan fingerprint density at radius 3 is 2.47 bits per heavy atom. The Morgan fingerprint density at radius 2 is 1.81 bits per heavy atom. The molecule has 2 bridgehead atoms. The summed E-state index contributed by atoms with van der Waals surface area (Å²) in [5.41, 5.74) is 6.47. The van der Waals surface area contributed by atoms with Crippen LogP contribution in [0.5, 0.6) is 0 Å². The average Bonchev–Trinajstić information content (AvgIpc) is 3.79. The Morgan fingerprint density at radius 1 is 1.05 bits per heavy atom. The molecule has 0 radical (unpaired) electrons. The van der Waals surface area contributed by atoms with Crippen molar-refractivity contribution < 1.29 is 14.3 Å². The topological polar surface area (TPSA) is 77.7 Å². The van der Waals surface area contributed by atoms with E-state index in [0.717, 1.165) is 71.2 Å². The molecule has 2 N–H and O–H groups in total. The molecule has 4 unspecified atom stereocenters. The lowest BCUT2D eigenvalue weighted by Gasteiger charge is -2.35. The molecule has 5 heterocycles. The number of benzene rings is 1. The van der Waals surface area contributed by atoms with Crippen LogP contribution in [0.4, 0.5) is 0 Å². The highest BCUT2D eigenvalue weighted by Crippen LogP contribution is 2.47. The van der Waals surface area contributed by atoms with Crippen LogP contribution < -0.4 is 5.32 Å². The second kappa shape index (κ2) is 11.4. The van der Waals surface area contributed by atoms with Crippen LogP contribution in [0.25, 0.3) is 21.5 Å². The molecule has 4 fully saturated rings. The van der Waals surface area contributed by atoms with Gasteiger partial charge >= 0.3 is 0 Å². The van der Waals surface area contributed by atoms with Gasteiger partial charge in [0, 0.05) is 61.6 Å². The number of piperazine rings is 1. The Kier molecular flexibility index (Phi) is 7.67. The molecule has 2 amide bonds. The zero-order valence-corrected chi connectivity index (χ0v) is 26.9. The average molecular weight is 603 g/mol. The number of rotatable bonds is 8. The molecule has 8 heteroatoms. The predicted octanol–water partition coefficient (Wildman–Crippen LogP) is 5.57. The van der Waals surface area contributed by atoms with Crippen molar-refractivity contribution in [2.75, 3.05) is 39.3 Å². The molecule has 0 spiro atoms. The number of nitrogens with zero attached hydrogens (tertiary/aromatic N) is 2. The van der Waals surface area contributed by atoms with E-state index in [1.807, 2.05) is 16.2 Å². The van der Waals surface area contributed by atoms with Crippen molar-refractivity contribution in [1.29, 1.82) is 0 Å². The van der Waals surface area contributed by atoms with Gasteiger partial charge in [-0.15, -0.1) is 11.3 Å². The molecule has 1 aliphatic carbocycles. The first-order valence-corrected chi connectivity index (χ1v) is 17.1. The van der Waals surface area contributed by atoms with Gasteiger partial charge in [0.05, 0.1) is 5.69 Å². The molecule has 3 aromatic rings. The predicted molar refractivity (Wildman–Crippen MR) is 173 cm³/mol. The number of aromatic nitrogens is 1. The van der Waals surface area contributed by atoms with Gasteiger partial charge < -0.3 is 19.9 Å². The summed E-state index contributed by atoms with van der Waals surface area (Å²) in [5, 5.41) is 4.58. The Labute approximate surface area is 259 Å². The number of hydrogen-bond donors (Lipinski definition) is 2. The third kappa shape index (κ3) is 5.55. The van der Waals surface area contributed by atoms with E-state index in [-0.39, 0.29) is 29.3 Å². The molecule has 7 nitrogen and oxygen atoms in total. The van der Waals surface area contributed by atoms with Gasteiger partial charge in [0.25, 0.3) is 5.91 Å². The van der Waals surface area contributed by atoms with Crippen molar-refractivity contribution in [1.82, 2.24) is 20.1 Å². The largest absolute Gasteiger partial charge is 0.368 e. The molecule has 43 heavy (non-hydrogen) atoms. The van der Waals surface area contributed by atoms with Gasteiger partial charge in [0.1, 0.15) is 10.9 Å². The van der Waals surface area contributed by atoms with Crippen molar-refractivity contribution in [3.63, 3.8) is 0 Å². The fraction of sp³-hybridized carbons (Fsp3) is 0.600. The summed E-state index contributed by atoms with van der Waals surface area (Å²) in [6, 6.07) is 9.64. The van der Waals surface area contributed by atoms with E-state index >= 15 is 0 Å². The Balaban J connectivity index is 1.12. The van der Waals surface area contributed by atoms with Gasteiger partial charge in [-0.25, -0.2) is 0 Å². The van der Waals surface area contributed by atoms with Crippen LogP contribution in [0.2, 0.25) is 0 Å². The highest BCUT2D eigenvalue weighted by Gasteiger charge is 2.49. The van der Waals surface area contributed by atoms with E-state index in [1.165, 1.54) is 43.0 Å². The number of aryl methyl sites for hydroxylation is 2. The van der Waals surface area contributed by atoms with Gasteiger partial charge in [-0.3, -0.25) is 14.5 Å². The first-order valence-electron chi connectivity index (χ1n) is 16.3. The highest BCUT2D eigenvalue weighted by atomic mass is 32.1. The number of fused-ring (bicyclic) bond motifs is 3. The quantitative estimate of drug-likeness (QED) is 0.354. The lowest BCUT2D eigenvalue weighted by atomic mass is 9.78. The summed E-state index contributed by atoms with van der Waals surface area (Å²) in [4.78, 5) is 36.3. The number of carbonyl (C=O) groups is 2. The Hall–Kier alpha value is -2.68. The molecule has 4 atom stereocenters. The second-order valence-electron chi connectivity index (χ2n) is 14.2. The monoisotopic (exact) mass is 602 g/mol. The number of nitrogens with one attached hydrogen (secondary N) is 2. The maximum absolute atomic E-state index is 12.9. The van der Waals surface area contributed by atoms with Crippen LogP contribution >= 0.6 is 11.3 Å². The maximum atomic E-state index is 12.9. The summed E-state index contributed by atoms with van der Waals surface area (Å²) in [7, 11) is 0. The molecular formula is C35H46N4O3S. The normalized spacial score (nSPS) is 26.1. The van der Waals surface area contributed by atoms with Crippen molar-refractivity contribution >= 4 is 33.4 Å². The number of carbonyl (C=O) groups excluding carboxylic acids is 2. The van der Waals surface area contributed by atoms with Crippen molar-refractivity contribution in [2.45, 2.75) is 83.8 Å². The molecule has 3 saturated heterocycles. The third-order valence-electron chi connectivity index (χ3n) is 10.6. The van der Waals surface area contributed by atoms with Crippen LogP contribution in [-0.2, 0) is 26.2 Å². The first-order chi connectivity index (χ1) is 20.7. The molecule has 230 valence electrons. The van der Waals surface area contributed by atoms with E-state index < -0.39 is 0 Å². The third-order valence-corrected chi connectivity index (χ3v) is 12.0. The van der Waals surface area contributed by atoms with E-state index in [2.05, 4.69) is 67.2 Å². The molecule has 1 aromatic carbocycles. The summed E-state index contributed by atoms with van der Waals surface area (Å²) in [6.45, 7) is 14.1. The van der Waals surface area contributed by atoms with E-state index in [1.54, 1.807) is 0 Å². The van der Waals surface area contributed by atoms with Crippen molar-refractivity contribution in [3.8, 4) is 11.3 Å². The molecule has 2 aromatic heterocycles. The fourth-order valence-corrected chi connectivity index (χ4v) is 9.47. The second-order valence-corrected chi connectivity index (χ2v) is 15.2. The summed E-state index contributed by atoms with van der Waals surface area (Å²) in [6.07, 6.45) is 5.80. The lowest BCUT2D eigenvalue weighted by Crippen LogP contribution is -2.51. The summed E-state index contributed by atoms with van der Waals surface area (Å²) >= 11 is 1.90. The summed E-state index contributed by atoms with van der Waals surface area (Å²) < 4.78 is 5.66. The van der Waals surface area contributed by atoms with Gasteiger partial charge in [-0.05, 0) is 93.0 Å². The summed E-state index contributed by atoms with van der Waals surface area (Å²) in [5.74, 6) is 1.09. The van der Waals surface area contributed by atoms with Gasteiger partial charge in [-0.1, -0.05) is 31.0 Å². The van der Waals surface area contributed by atoms with Crippen molar-refractivity contribution in [2.24, 2.45) is 11.8 Å². The highest BCUT2D eigenvalue weighted by molar-refractivity contribution is 7.18. The smallest absolute Gasteiger partial charge is 0.251 e. The van der Waals surface area contributed by atoms with E-state index in [9.17, 15) is 9.59 Å². The van der Waals surface area contributed by atoms with E-state index in [4.69, 9.17) is 4.74 Å². The van der Waals surface area contributed by atoms with Gasteiger partial charge in [-0.2, -0.15) is 0 Å². The van der Waals surface area contributed by atoms with Crippen LogP contribution in [0.1, 0.15) is 67.5 Å². The molecule has 3 aliphatic heterocycles. The number of hydrogen-bond acceptors (Lipinski definition) is 5. The SMILES string of the molecule is Cc1cc(C)cc(-c2[nH]c3sc(C(C)(C)CC4C5CCC4C(=O)N5)cc3c2CCN2CCN(C(=O)C3CCCO3)CC2)c1. The number of ether oxygens (including phenoxy) is 1. The minimum atomic E-state index is -0.224. The van der Waals surface area contributed by atoms with Crippen molar-refractivity contribution in [3.05, 3.63) is 45.8 Å². The number of thiophene rings is 1. The minimum Gasteiger partial charge on any atom is -0.368 e. The Bertz CT molecular complexity index is 1500. The van der Waals surface area contributed by atoms with E-state index in [0.29, 0.717) is 18.6 Å².